The molecular weight excluding hydrogens is 267 g/mol. The summed E-state index contributed by atoms with van der Waals surface area (Å²) in [5.74, 6) is -0.400. The van der Waals surface area contributed by atoms with Gasteiger partial charge in [0.05, 0.1) is 4.90 Å². The molecule has 1 unspecified atom stereocenters. The Morgan fingerprint density at radius 3 is 2.58 bits per heavy atom. The predicted molar refractivity (Wildman–Crippen MR) is 73.9 cm³/mol. The Labute approximate surface area is 114 Å². The standard InChI is InChI=1S/C13H21FN2O2S/c1-4-10(3)16-19(17,18)12-6-7-13(14)11(8-12)9-15-5-2/h6-8,10,15-16H,4-5,9H2,1-3H3. The Morgan fingerprint density at radius 2 is 2.00 bits per heavy atom. The van der Waals surface area contributed by atoms with Crippen molar-refractivity contribution in [1.29, 1.82) is 0 Å². The molecule has 1 aromatic rings. The number of benzene rings is 1. The van der Waals surface area contributed by atoms with Gasteiger partial charge in [-0.2, -0.15) is 0 Å². The van der Waals surface area contributed by atoms with Crippen LogP contribution in [-0.2, 0) is 16.6 Å². The van der Waals surface area contributed by atoms with E-state index in [4.69, 9.17) is 0 Å². The van der Waals surface area contributed by atoms with E-state index in [1.54, 1.807) is 6.92 Å². The van der Waals surface area contributed by atoms with Crippen molar-refractivity contribution in [2.75, 3.05) is 6.54 Å². The van der Waals surface area contributed by atoms with Crippen LogP contribution in [0.25, 0.3) is 0 Å². The average Bonchev–Trinajstić information content (AvgIpc) is 2.36. The van der Waals surface area contributed by atoms with E-state index >= 15 is 0 Å². The fourth-order valence-electron chi connectivity index (χ4n) is 1.53. The van der Waals surface area contributed by atoms with Crippen molar-refractivity contribution in [2.24, 2.45) is 0 Å². The Kier molecular flexibility index (Phi) is 5.90. The molecule has 0 bridgehead atoms. The minimum absolute atomic E-state index is 0.0992. The molecule has 0 saturated carbocycles. The van der Waals surface area contributed by atoms with Crippen LogP contribution in [0.2, 0.25) is 0 Å². The van der Waals surface area contributed by atoms with E-state index in [1.165, 1.54) is 18.2 Å². The molecule has 4 nitrogen and oxygen atoms in total. The lowest BCUT2D eigenvalue weighted by Gasteiger charge is -2.13. The number of nitrogens with one attached hydrogen (secondary N) is 2. The Morgan fingerprint density at radius 1 is 1.32 bits per heavy atom. The number of rotatable bonds is 7. The predicted octanol–water partition coefficient (Wildman–Crippen LogP) is 2.01. The quantitative estimate of drug-likeness (QED) is 0.807. The zero-order valence-corrected chi connectivity index (χ0v) is 12.3. The number of sulfonamides is 1. The Hall–Kier alpha value is -0.980. The molecule has 0 aromatic heterocycles. The molecule has 0 aliphatic rings. The summed E-state index contributed by atoms with van der Waals surface area (Å²) in [4.78, 5) is 0.0992. The molecule has 1 atom stereocenters. The van der Waals surface area contributed by atoms with Gasteiger partial charge in [-0.05, 0) is 38.1 Å². The van der Waals surface area contributed by atoms with Gasteiger partial charge in [-0.3, -0.25) is 0 Å². The molecular formula is C13H21FN2O2S. The maximum atomic E-state index is 13.6. The van der Waals surface area contributed by atoms with Crippen LogP contribution in [0.3, 0.4) is 0 Å². The first kappa shape index (κ1) is 16.1. The zero-order valence-electron chi connectivity index (χ0n) is 11.5. The second-order valence-corrected chi connectivity index (χ2v) is 6.18. The minimum Gasteiger partial charge on any atom is -0.313 e. The lowest BCUT2D eigenvalue weighted by Crippen LogP contribution is -2.32. The molecule has 0 aliphatic carbocycles. The zero-order chi connectivity index (χ0) is 14.5. The minimum atomic E-state index is -3.58. The van der Waals surface area contributed by atoms with Gasteiger partial charge >= 0.3 is 0 Å². The van der Waals surface area contributed by atoms with E-state index < -0.39 is 15.8 Å². The summed E-state index contributed by atoms with van der Waals surface area (Å²) < 4.78 is 40.3. The van der Waals surface area contributed by atoms with E-state index in [0.717, 1.165) is 0 Å². The number of hydrogen-bond donors (Lipinski definition) is 2. The first-order valence-electron chi connectivity index (χ1n) is 6.42. The van der Waals surface area contributed by atoms with Crippen molar-refractivity contribution < 1.29 is 12.8 Å². The lowest BCUT2D eigenvalue weighted by molar-refractivity contribution is 0.554. The van der Waals surface area contributed by atoms with Crippen molar-refractivity contribution in [3.8, 4) is 0 Å². The van der Waals surface area contributed by atoms with E-state index in [1.807, 2.05) is 13.8 Å². The molecule has 0 aliphatic heterocycles. The van der Waals surface area contributed by atoms with Crippen LogP contribution in [0.4, 0.5) is 4.39 Å². The normalized spacial score (nSPS) is 13.5. The highest BCUT2D eigenvalue weighted by Crippen LogP contribution is 2.15. The highest BCUT2D eigenvalue weighted by Gasteiger charge is 2.18. The molecule has 0 radical (unpaired) electrons. The van der Waals surface area contributed by atoms with Gasteiger partial charge in [0.25, 0.3) is 0 Å². The fraction of sp³-hybridized carbons (Fsp3) is 0.538. The van der Waals surface area contributed by atoms with E-state index in [0.29, 0.717) is 25.1 Å². The van der Waals surface area contributed by atoms with E-state index in [9.17, 15) is 12.8 Å². The second kappa shape index (κ2) is 6.98. The van der Waals surface area contributed by atoms with Gasteiger partial charge in [0, 0.05) is 18.2 Å². The van der Waals surface area contributed by atoms with Crippen LogP contribution >= 0.6 is 0 Å². The van der Waals surface area contributed by atoms with Crippen LogP contribution in [-0.4, -0.2) is 21.0 Å². The number of hydrogen-bond acceptors (Lipinski definition) is 3. The van der Waals surface area contributed by atoms with Crippen LogP contribution < -0.4 is 10.0 Å². The molecule has 1 aromatic carbocycles. The molecule has 2 N–H and O–H groups in total. The molecule has 1 rings (SSSR count). The van der Waals surface area contributed by atoms with Gasteiger partial charge in [-0.25, -0.2) is 17.5 Å². The van der Waals surface area contributed by atoms with Gasteiger partial charge in [-0.1, -0.05) is 13.8 Å². The molecule has 6 heteroatoms. The molecule has 0 fully saturated rings. The SMILES string of the molecule is CCNCc1cc(S(=O)(=O)NC(C)CC)ccc1F. The summed E-state index contributed by atoms with van der Waals surface area (Å²) in [6, 6.07) is 3.71. The first-order chi connectivity index (χ1) is 8.90. The van der Waals surface area contributed by atoms with Gasteiger partial charge in [0.15, 0.2) is 0 Å². The molecule has 0 amide bonds. The summed E-state index contributed by atoms with van der Waals surface area (Å²) in [5, 5.41) is 2.98. The summed E-state index contributed by atoms with van der Waals surface area (Å²) >= 11 is 0. The van der Waals surface area contributed by atoms with Gasteiger partial charge in [0.1, 0.15) is 5.82 Å². The van der Waals surface area contributed by atoms with Crippen LogP contribution in [0, 0.1) is 5.82 Å². The third kappa shape index (κ3) is 4.56. The molecule has 108 valence electrons. The van der Waals surface area contributed by atoms with Crippen molar-refractivity contribution in [3.05, 3.63) is 29.6 Å². The monoisotopic (exact) mass is 288 g/mol. The van der Waals surface area contributed by atoms with Crippen molar-refractivity contribution >= 4 is 10.0 Å². The fourth-order valence-corrected chi connectivity index (χ4v) is 2.91. The summed E-state index contributed by atoms with van der Waals surface area (Å²) in [6.45, 7) is 6.61. The number of halogens is 1. The highest BCUT2D eigenvalue weighted by molar-refractivity contribution is 7.89. The summed E-state index contributed by atoms with van der Waals surface area (Å²) in [7, 11) is -3.58. The van der Waals surface area contributed by atoms with Crippen LogP contribution in [0.1, 0.15) is 32.8 Å². The van der Waals surface area contributed by atoms with Gasteiger partial charge < -0.3 is 5.32 Å². The largest absolute Gasteiger partial charge is 0.313 e. The van der Waals surface area contributed by atoms with Gasteiger partial charge in [-0.15, -0.1) is 0 Å². The molecule has 0 heterocycles. The van der Waals surface area contributed by atoms with Crippen LogP contribution in [0.15, 0.2) is 23.1 Å². The topological polar surface area (TPSA) is 58.2 Å². The van der Waals surface area contributed by atoms with Gasteiger partial charge in [0.2, 0.25) is 10.0 Å². The average molecular weight is 288 g/mol. The first-order valence-corrected chi connectivity index (χ1v) is 7.90. The molecule has 0 saturated heterocycles. The lowest BCUT2D eigenvalue weighted by atomic mass is 10.2. The third-order valence-corrected chi connectivity index (χ3v) is 4.45. The second-order valence-electron chi connectivity index (χ2n) is 4.46. The smallest absolute Gasteiger partial charge is 0.240 e. The van der Waals surface area contributed by atoms with Crippen molar-refractivity contribution in [1.82, 2.24) is 10.0 Å². The highest BCUT2D eigenvalue weighted by atomic mass is 32.2. The van der Waals surface area contributed by atoms with Crippen molar-refractivity contribution in [2.45, 2.75) is 44.7 Å². The molecule has 19 heavy (non-hydrogen) atoms. The van der Waals surface area contributed by atoms with E-state index in [-0.39, 0.29) is 10.9 Å². The van der Waals surface area contributed by atoms with Crippen molar-refractivity contribution in [3.63, 3.8) is 0 Å². The summed E-state index contributed by atoms with van der Waals surface area (Å²) in [5.41, 5.74) is 0.355. The maximum Gasteiger partial charge on any atom is 0.240 e. The maximum absolute atomic E-state index is 13.6. The third-order valence-electron chi connectivity index (χ3n) is 2.86. The Balaban J connectivity index is 3.00. The van der Waals surface area contributed by atoms with E-state index in [2.05, 4.69) is 10.0 Å². The Bertz CT molecular complexity index is 517. The summed E-state index contributed by atoms with van der Waals surface area (Å²) in [6.07, 6.45) is 0.699. The van der Waals surface area contributed by atoms with Crippen LogP contribution in [0.5, 0.6) is 0 Å². The molecule has 0 spiro atoms.